The van der Waals surface area contributed by atoms with Crippen molar-refractivity contribution in [2.75, 3.05) is 18.5 Å². The minimum Gasteiger partial charge on any atom is -0.465 e. The number of fused-ring (bicyclic) bond motifs is 2. The number of hydrogen-bond donors (Lipinski definition) is 2. The fourth-order valence-corrected chi connectivity index (χ4v) is 3.27. The number of benzene rings is 1. The van der Waals surface area contributed by atoms with Gasteiger partial charge in [-0.25, -0.2) is 9.18 Å². The molecular weight excluding hydrogens is 263 g/mol. The summed E-state index contributed by atoms with van der Waals surface area (Å²) in [4.78, 5) is 24.4. The van der Waals surface area contributed by atoms with Crippen molar-refractivity contribution in [3.05, 3.63) is 29.8 Å². The second-order valence-electron chi connectivity index (χ2n) is 5.31. The number of alkyl halides is 1. The third-order valence-electron chi connectivity index (χ3n) is 4.31. The molecule has 3 rings (SSSR count). The van der Waals surface area contributed by atoms with E-state index in [1.807, 2.05) is 24.3 Å². The van der Waals surface area contributed by atoms with Crippen molar-refractivity contribution in [3.8, 4) is 0 Å². The predicted octanol–water partition coefficient (Wildman–Crippen LogP) is 1.99. The summed E-state index contributed by atoms with van der Waals surface area (Å²) in [5, 5.41) is 11.9. The number of nitrogens with one attached hydrogen (secondary N) is 1. The van der Waals surface area contributed by atoms with Crippen LogP contribution in [0.25, 0.3) is 0 Å². The molecule has 1 fully saturated rings. The fraction of sp³-hybridized carbons (Fsp3) is 0.429. The molecule has 6 heteroatoms. The smallest absolute Gasteiger partial charge is 0.407 e. The SMILES string of the molecule is O=C(O)N(CCF)C1CC2(C1)C(=O)Nc1ccccc12. The van der Waals surface area contributed by atoms with E-state index in [-0.39, 0.29) is 18.5 Å². The first-order chi connectivity index (χ1) is 9.58. The van der Waals surface area contributed by atoms with Gasteiger partial charge in [-0.2, -0.15) is 0 Å². The monoisotopic (exact) mass is 278 g/mol. The number of nitrogens with zero attached hydrogens (tertiary/aromatic N) is 1. The maximum absolute atomic E-state index is 12.4. The lowest BCUT2D eigenvalue weighted by atomic mass is 9.61. The van der Waals surface area contributed by atoms with E-state index in [4.69, 9.17) is 5.11 Å². The Kier molecular flexibility index (Phi) is 2.88. The number of anilines is 1. The highest BCUT2D eigenvalue weighted by Gasteiger charge is 2.57. The van der Waals surface area contributed by atoms with Crippen LogP contribution in [0.4, 0.5) is 14.9 Å². The Labute approximate surface area is 115 Å². The van der Waals surface area contributed by atoms with Crippen molar-refractivity contribution in [3.63, 3.8) is 0 Å². The molecule has 5 nitrogen and oxygen atoms in total. The highest BCUT2D eigenvalue weighted by atomic mass is 19.1. The number of carbonyl (C=O) groups is 2. The summed E-state index contributed by atoms with van der Waals surface area (Å²) in [5.74, 6) is -0.0828. The molecule has 0 radical (unpaired) electrons. The topological polar surface area (TPSA) is 69.6 Å². The van der Waals surface area contributed by atoms with E-state index < -0.39 is 18.2 Å². The third kappa shape index (κ3) is 1.67. The van der Waals surface area contributed by atoms with Gasteiger partial charge in [0.05, 0.1) is 12.0 Å². The van der Waals surface area contributed by atoms with Gasteiger partial charge < -0.3 is 15.3 Å². The van der Waals surface area contributed by atoms with Crippen LogP contribution in [0.2, 0.25) is 0 Å². The normalized spacial score (nSPS) is 26.9. The number of amides is 2. The molecule has 1 aliphatic heterocycles. The summed E-state index contributed by atoms with van der Waals surface area (Å²) < 4.78 is 12.4. The number of carbonyl (C=O) groups excluding carboxylic acids is 1. The van der Waals surface area contributed by atoms with E-state index >= 15 is 0 Å². The van der Waals surface area contributed by atoms with Crippen LogP contribution in [-0.4, -0.2) is 41.3 Å². The van der Waals surface area contributed by atoms with Gasteiger partial charge in [-0.3, -0.25) is 4.79 Å². The minimum absolute atomic E-state index is 0.0828. The molecule has 0 bridgehead atoms. The second-order valence-corrected chi connectivity index (χ2v) is 5.31. The van der Waals surface area contributed by atoms with E-state index in [9.17, 15) is 14.0 Å². The predicted molar refractivity (Wildman–Crippen MR) is 70.5 cm³/mol. The Balaban J connectivity index is 1.82. The zero-order valence-corrected chi connectivity index (χ0v) is 10.8. The maximum atomic E-state index is 12.4. The zero-order chi connectivity index (χ0) is 14.3. The zero-order valence-electron chi connectivity index (χ0n) is 10.8. The molecule has 1 heterocycles. The van der Waals surface area contributed by atoms with E-state index in [0.717, 1.165) is 16.2 Å². The Morgan fingerprint density at radius 1 is 1.45 bits per heavy atom. The number of hydrogen-bond acceptors (Lipinski definition) is 2. The van der Waals surface area contributed by atoms with E-state index in [2.05, 4.69) is 5.32 Å². The van der Waals surface area contributed by atoms with Gasteiger partial charge in [-0.05, 0) is 24.5 Å². The van der Waals surface area contributed by atoms with Crippen LogP contribution in [0.15, 0.2) is 24.3 Å². The average Bonchev–Trinajstić information content (AvgIpc) is 2.66. The number of carboxylic acid groups (broad SMARTS) is 1. The van der Waals surface area contributed by atoms with Gasteiger partial charge in [0, 0.05) is 11.7 Å². The van der Waals surface area contributed by atoms with Gasteiger partial charge in [0.2, 0.25) is 5.91 Å². The number of halogens is 1. The van der Waals surface area contributed by atoms with Gasteiger partial charge in [0.25, 0.3) is 0 Å². The van der Waals surface area contributed by atoms with E-state index in [0.29, 0.717) is 12.8 Å². The standard InChI is InChI=1S/C14H15FN2O3/c15-5-6-17(13(19)20)9-7-14(8-9)10-3-1-2-4-11(10)16-12(14)18/h1-4,9H,5-8H2,(H,16,18)(H,19,20). The lowest BCUT2D eigenvalue weighted by Gasteiger charge is -2.47. The van der Waals surface area contributed by atoms with Crippen molar-refractivity contribution >= 4 is 17.7 Å². The molecule has 2 aliphatic rings. The molecule has 20 heavy (non-hydrogen) atoms. The van der Waals surface area contributed by atoms with Gasteiger partial charge in [-0.1, -0.05) is 18.2 Å². The van der Waals surface area contributed by atoms with Gasteiger partial charge in [0.1, 0.15) is 6.67 Å². The molecule has 2 amide bonds. The maximum Gasteiger partial charge on any atom is 0.407 e. The fourth-order valence-electron chi connectivity index (χ4n) is 3.27. The molecule has 1 aliphatic carbocycles. The van der Waals surface area contributed by atoms with Crippen LogP contribution in [0.5, 0.6) is 0 Å². The van der Waals surface area contributed by atoms with Gasteiger partial charge in [-0.15, -0.1) is 0 Å². The molecule has 1 saturated carbocycles. The largest absolute Gasteiger partial charge is 0.465 e. The Morgan fingerprint density at radius 2 is 2.15 bits per heavy atom. The van der Waals surface area contributed by atoms with Crippen molar-refractivity contribution in [1.29, 1.82) is 0 Å². The molecule has 0 unspecified atom stereocenters. The van der Waals surface area contributed by atoms with Crippen molar-refractivity contribution < 1.29 is 19.1 Å². The van der Waals surface area contributed by atoms with Crippen LogP contribution in [0.3, 0.4) is 0 Å². The molecule has 1 aromatic carbocycles. The first-order valence-corrected chi connectivity index (χ1v) is 6.55. The van der Waals surface area contributed by atoms with Gasteiger partial charge in [0.15, 0.2) is 0 Å². The molecular formula is C14H15FN2O3. The Morgan fingerprint density at radius 3 is 2.80 bits per heavy atom. The molecule has 1 aromatic rings. The van der Waals surface area contributed by atoms with Gasteiger partial charge >= 0.3 is 6.09 Å². The summed E-state index contributed by atoms with van der Waals surface area (Å²) in [6, 6.07) is 7.15. The van der Waals surface area contributed by atoms with Crippen molar-refractivity contribution in [2.45, 2.75) is 24.3 Å². The molecule has 0 atom stereocenters. The van der Waals surface area contributed by atoms with Crippen LogP contribution in [0, 0.1) is 0 Å². The summed E-state index contributed by atoms with van der Waals surface area (Å²) >= 11 is 0. The van der Waals surface area contributed by atoms with E-state index in [1.165, 1.54) is 0 Å². The first kappa shape index (κ1) is 12.9. The molecule has 0 aromatic heterocycles. The summed E-state index contributed by atoms with van der Waals surface area (Å²) in [5.41, 5.74) is 1.08. The summed E-state index contributed by atoms with van der Waals surface area (Å²) in [7, 11) is 0. The van der Waals surface area contributed by atoms with Crippen molar-refractivity contribution in [1.82, 2.24) is 4.90 Å². The summed E-state index contributed by atoms with van der Waals surface area (Å²) in [6.45, 7) is -0.849. The van der Waals surface area contributed by atoms with Crippen LogP contribution >= 0.6 is 0 Å². The molecule has 106 valence electrons. The Hall–Kier alpha value is -2.11. The second kappa shape index (κ2) is 4.47. The van der Waals surface area contributed by atoms with Crippen LogP contribution in [0.1, 0.15) is 18.4 Å². The summed E-state index contributed by atoms with van der Waals surface area (Å²) in [6.07, 6.45) is -0.293. The molecule has 2 N–H and O–H groups in total. The van der Waals surface area contributed by atoms with Crippen LogP contribution < -0.4 is 5.32 Å². The average molecular weight is 278 g/mol. The minimum atomic E-state index is -1.13. The first-order valence-electron chi connectivity index (χ1n) is 6.55. The molecule has 0 saturated heterocycles. The number of para-hydroxylation sites is 1. The highest BCUT2D eigenvalue weighted by Crippen LogP contribution is 2.52. The lowest BCUT2D eigenvalue weighted by molar-refractivity contribution is -0.126. The Bertz CT molecular complexity index is 569. The number of rotatable bonds is 3. The molecule has 1 spiro atoms. The third-order valence-corrected chi connectivity index (χ3v) is 4.31. The van der Waals surface area contributed by atoms with E-state index in [1.54, 1.807) is 0 Å². The lowest BCUT2D eigenvalue weighted by Crippen LogP contribution is -2.58. The quantitative estimate of drug-likeness (QED) is 0.888. The highest BCUT2D eigenvalue weighted by molar-refractivity contribution is 6.07. The van der Waals surface area contributed by atoms with Crippen LogP contribution in [-0.2, 0) is 10.2 Å². The van der Waals surface area contributed by atoms with Crippen molar-refractivity contribution in [2.24, 2.45) is 0 Å².